The minimum atomic E-state index is -0.939. The standard InChI is InChI=1S/C22H17Cl2F3N4S2.C22H18Cl2F2N4S2.C22H17F5N4S2.C10H12F2N4S2/c23-17-8-15(3-5-19(17)26)30-21(28)32-10-12-1-2-14(25)7-13(12)11-33-22(29)31-16-4-6-20(27)18(24)9-16;23-15-1-5-17(6-2-15)29-21(27)31-11-13-9-19(25)20(26)10-14(13)12-32-22(28)30-18-7-3-16(24)4-8-18;23-14-2-1-12(10-32-21(28)30-19-5-3-15(24)8-17(19)26)13(7-14)11-33-22(29)31-20-6-4-16(25)9-18(20)27;11-7-1-5(3-17-9(13)14)6(2-8(7)12)4-18-10(15)16/h1-9H,10-11H2,(H2,28,30)(H2,29,31);1-10H,11-12H2,(H2,27,29)(H2,28,30);1-9H,10-11H2,(H2,28,30)(H2,29,31);1-2H,3-4H2,(H3,13,14)(H3,15,16). The van der Waals surface area contributed by atoms with Crippen molar-refractivity contribution < 1.29 is 52.7 Å². The van der Waals surface area contributed by atoms with Crippen LogP contribution in [0, 0.1) is 80.6 Å². The molecule has 0 unspecified atom stereocenters. The van der Waals surface area contributed by atoms with Gasteiger partial charge in [-0.1, -0.05) is 153 Å². The van der Waals surface area contributed by atoms with Crippen LogP contribution in [-0.4, -0.2) is 41.3 Å². The summed E-state index contributed by atoms with van der Waals surface area (Å²) >= 11 is 32.3. The van der Waals surface area contributed by atoms with E-state index >= 15 is 0 Å². The van der Waals surface area contributed by atoms with Gasteiger partial charge in [-0.15, -0.1) is 0 Å². The Hall–Kier alpha value is -8.92. The number of thioether (sulfide) groups is 8. The maximum atomic E-state index is 13.9. The quantitative estimate of drug-likeness (QED) is 0.0171. The second kappa shape index (κ2) is 47.5. The summed E-state index contributed by atoms with van der Waals surface area (Å²) in [7, 11) is 0. The Morgan fingerprint density at radius 2 is 0.483 bits per heavy atom. The Kier molecular flexibility index (Phi) is 38.6. The van der Waals surface area contributed by atoms with E-state index in [2.05, 4.69) is 30.0 Å². The van der Waals surface area contributed by atoms with Crippen molar-refractivity contribution in [2.45, 2.75) is 46.0 Å². The van der Waals surface area contributed by atoms with Crippen LogP contribution in [0.2, 0.25) is 20.1 Å². The Balaban J connectivity index is 0.000000218. The molecule has 0 radical (unpaired) electrons. The molecule has 116 heavy (non-hydrogen) atoms. The predicted molar refractivity (Wildman–Crippen MR) is 466 cm³/mol. The van der Waals surface area contributed by atoms with Crippen molar-refractivity contribution in [2.75, 3.05) is 0 Å². The van der Waals surface area contributed by atoms with E-state index in [1.807, 2.05) is 0 Å². The van der Waals surface area contributed by atoms with Crippen LogP contribution in [0.15, 0.2) is 212 Å². The first-order valence-electron chi connectivity index (χ1n) is 32.7. The number of nitrogens with zero attached hydrogens (tertiary/aromatic N) is 6. The molecule has 608 valence electrons. The smallest absolute Gasteiger partial charge is 0.159 e. The van der Waals surface area contributed by atoms with Gasteiger partial charge < -0.3 is 45.9 Å². The third kappa shape index (κ3) is 33.2. The lowest BCUT2D eigenvalue weighted by Gasteiger charge is -2.10. The second-order valence-corrected chi connectivity index (χ2v) is 32.7. The van der Waals surface area contributed by atoms with Gasteiger partial charge in [0.2, 0.25) is 0 Å². The zero-order valence-corrected chi connectivity index (χ0v) is 69.1. The van der Waals surface area contributed by atoms with Crippen LogP contribution in [0.4, 0.5) is 86.8 Å². The lowest BCUT2D eigenvalue weighted by molar-refractivity contribution is 0.506. The minimum Gasteiger partial charge on any atom is -0.379 e. The van der Waals surface area contributed by atoms with Crippen molar-refractivity contribution in [2.24, 2.45) is 75.8 Å². The zero-order valence-electron chi connectivity index (χ0n) is 59.6. The van der Waals surface area contributed by atoms with E-state index in [-0.39, 0.29) is 81.3 Å². The number of hydrogen-bond donors (Lipinski definition) is 10. The highest BCUT2D eigenvalue weighted by Gasteiger charge is 2.17. The summed E-state index contributed by atoms with van der Waals surface area (Å²) in [5.41, 5.74) is 53.0. The third-order valence-electron chi connectivity index (χ3n) is 14.5. The van der Waals surface area contributed by atoms with Gasteiger partial charge in [-0.3, -0.25) is 10.8 Å². The summed E-state index contributed by atoms with van der Waals surface area (Å²) in [4.78, 5) is 24.8. The molecule has 16 nitrogen and oxygen atoms in total. The molecule has 0 fully saturated rings. The van der Waals surface area contributed by atoms with Crippen LogP contribution in [0.25, 0.3) is 0 Å². The second-order valence-electron chi connectivity index (χ2n) is 23.0. The SMILES string of the molecule is N=C(N)SCc1cc(F)c(F)cc1CSC(=N)N.NC(=Nc1ccc(Cl)cc1)SCc1cc(F)c(F)cc1CSC(N)=Nc1ccc(Cl)cc1.NC(=Nc1ccc(F)c(Cl)c1)SCc1ccc(F)cc1CSC(N)=Nc1ccc(F)c(Cl)c1.NC(=Nc1ccc(F)cc1F)SCc1ccc(F)cc1CSC(N)=Nc1ccc(F)cc1F. The van der Waals surface area contributed by atoms with E-state index in [9.17, 15) is 52.7 Å². The minimum absolute atomic E-state index is 0.0104. The van der Waals surface area contributed by atoms with Crippen molar-refractivity contribution in [1.29, 1.82) is 10.8 Å². The number of benzene rings is 10. The normalized spacial score (nSPS) is 12.0. The van der Waals surface area contributed by atoms with E-state index in [4.69, 9.17) is 103 Å². The summed E-state index contributed by atoms with van der Waals surface area (Å²) < 4.78 is 162. The van der Waals surface area contributed by atoms with Gasteiger partial charge in [0.1, 0.15) is 46.3 Å². The highest BCUT2D eigenvalue weighted by atomic mass is 35.5. The topological polar surface area (TPSA) is 330 Å². The molecular weight excluding hydrogens is 1760 g/mol. The number of hydrogen-bond acceptors (Lipinski definition) is 16. The Morgan fingerprint density at radius 3 is 0.767 bits per heavy atom. The number of rotatable bonds is 22. The molecular formula is C76H64Cl4F12N16S8. The van der Waals surface area contributed by atoms with Crippen LogP contribution >= 0.6 is 140 Å². The maximum Gasteiger partial charge on any atom is 0.159 e. The fourth-order valence-corrected chi connectivity index (χ4v) is 15.2. The van der Waals surface area contributed by atoms with E-state index in [1.165, 1.54) is 126 Å². The zero-order chi connectivity index (χ0) is 84.7. The Morgan fingerprint density at radius 1 is 0.241 bits per heavy atom. The van der Waals surface area contributed by atoms with Crippen molar-refractivity contribution in [3.8, 4) is 0 Å². The Bertz CT molecular complexity index is 5190. The van der Waals surface area contributed by atoms with E-state index in [0.717, 1.165) is 82.9 Å². The summed E-state index contributed by atoms with van der Waals surface area (Å²) in [6, 6.07) is 40.8. The van der Waals surface area contributed by atoms with Gasteiger partial charge >= 0.3 is 0 Å². The summed E-state index contributed by atoms with van der Waals surface area (Å²) in [5, 5.41) is 16.2. The molecule has 0 aliphatic carbocycles. The maximum absolute atomic E-state index is 13.9. The average Bonchev–Trinajstić information content (AvgIpc) is 0.840. The van der Waals surface area contributed by atoms with Gasteiger partial charge in [-0.05, 0) is 202 Å². The molecule has 10 aromatic rings. The monoisotopic (exact) mass is 1820 g/mol. The highest BCUT2D eigenvalue weighted by molar-refractivity contribution is 8.15. The first-order valence-corrected chi connectivity index (χ1v) is 42.1. The number of halogens is 16. The molecule has 10 rings (SSSR count). The van der Waals surface area contributed by atoms with Crippen molar-refractivity contribution in [1.82, 2.24) is 0 Å². The molecule has 40 heteroatoms. The molecule has 0 aromatic heterocycles. The molecule has 0 aliphatic heterocycles. The lowest BCUT2D eigenvalue weighted by Crippen LogP contribution is -2.09. The molecule has 0 bridgehead atoms. The molecule has 18 N–H and O–H groups in total. The highest BCUT2D eigenvalue weighted by Crippen LogP contribution is 2.33. The first kappa shape index (κ1) is 94.2. The first-order chi connectivity index (χ1) is 55.1. The Labute approximate surface area is 711 Å². The number of nitrogens with two attached hydrogens (primary N) is 8. The number of aliphatic imine (C=N–C) groups is 6. The van der Waals surface area contributed by atoms with Crippen LogP contribution in [-0.2, 0) is 46.0 Å². The summed E-state index contributed by atoms with van der Waals surface area (Å²) in [6.07, 6.45) is 0. The van der Waals surface area contributed by atoms with Crippen LogP contribution in [0.5, 0.6) is 0 Å². The van der Waals surface area contributed by atoms with E-state index in [1.54, 1.807) is 60.7 Å². The fourth-order valence-electron chi connectivity index (χ4n) is 8.98. The van der Waals surface area contributed by atoms with Crippen molar-refractivity contribution >= 4 is 216 Å². The molecule has 0 aliphatic rings. The van der Waals surface area contributed by atoms with Gasteiger partial charge in [0.05, 0.1) is 32.8 Å². The van der Waals surface area contributed by atoms with Gasteiger partial charge in [-0.2, -0.15) is 0 Å². The van der Waals surface area contributed by atoms with E-state index in [0.29, 0.717) is 117 Å². The van der Waals surface area contributed by atoms with E-state index < -0.39 is 64.0 Å². The molecule has 0 saturated heterocycles. The largest absolute Gasteiger partial charge is 0.379 e. The van der Waals surface area contributed by atoms with Gasteiger partial charge in [0.15, 0.2) is 76.2 Å². The van der Waals surface area contributed by atoms with Crippen molar-refractivity contribution in [3.63, 3.8) is 0 Å². The molecule has 0 saturated carbocycles. The van der Waals surface area contributed by atoms with Crippen molar-refractivity contribution in [3.05, 3.63) is 316 Å². The molecule has 0 amide bonds. The average molecular weight is 1830 g/mol. The molecule has 0 heterocycles. The summed E-state index contributed by atoms with van der Waals surface area (Å²) in [5.74, 6) is -6.37. The molecule has 0 spiro atoms. The molecule has 0 atom stereocenters. The van der Waals surface area contributed by atoms with Gasteiger partial charge in [0, 0.05) is 68.2 Å². The van der Waals surface area contributed by atoms with Crippen LogP contribution in [0.1, 0.15) is 44.5 Å². The number of nitrogens with one attached hydrogen (secondary N) is 2. The predicted octanol–water partition coefficient (Wildman–Crippen LogP) is 22.6. The van der Waals surface area contributed by atoms with Gasteiger partial charge in [-0.25, -0.2) is 82.6 Å². The van der Waals surface area contributed by atoms with Gasteiger partial charge in [0.25, 0.3) is 0 Å². The third-order valence-corrected chi connectivity index (χ3v) is 22.2. The fraction of sp³-hybridized carbons (Fsp3) is 0.105. The summed E-state index contributed by atoms with van der Waals surface area (Å²) in [6.45, 7) is 0. The lowest BCUT2D eigenvalue weighted by atomic mass is 10.1. The van der Waals surface area contributed by atoms with Crippen LogP contribution < -0.4 is 45.9 Å². The van der Waals surface area contributed by atoms with Crippen LogP contribution in [0.3, 0.4) is 0 Å². The molecule has 10 aromatic carbocycles. The number of amidine groups is 8.